The molecule has 1 saturated carbocycles. The van der Waals surface area contributed by atoms with Crippen molar-refractivity contribution in [2.75, 3.05) is 6.54 Å². The van der Waals surface area contributed by atoms with Gasteiger partial charge in [0.05, 0.1) is 0 Å². The fourth-order valence-corrected chi connectivity index (χ4v) is 3.27. The second kappa shape index (κ2) is 7.04. The lowest BCUT2D eigenvalue weighted by atomic mass is 9.88. The molecule has 0 amide bonds. The van der Waals surface area contributed by atoms with E-state index in [1.807, 2.05) is 6.33 Å². The average Bonchev–Trinajstić information content (AvgIpc) is 3.03. The van der Waals surface area contributed by atoms with E-state index in [1.54, 1.807) is 0 Å². The minimum atomic E-state index is 0.650. The van der Waals surface area contributed by atoms with Gasteiger partial charge in [-0.3, -0.25) is 0 Å². The highest BCUT2D eigenvalue weighted by molar-refractivity contribution is 4.92. The van der Waals surface area contributed by atoms with Crippen LogP contribution in [0.1, 0.15) is 64.2 Å². The van der Waals surface area contributed by atoms with Crippen LogP contribution in [-0.2, 0) is 6.42 Å². The fraction of sp³-hybridized carbons (Fsp3) is 0.867. The predicted molar refractivity (Wildman–Crippen MR) is 77.8 cm³/mol. The summed E-state index contributed by atoms with van der Waals surface area (Å²) < 4.78 is 2.33. The molecule has 1 heterocycles. The maximum Gasteiger partial charge on any atom is 0.133 e. The molecule has 19 heavy (non-hydrogen) atoms. The van der Waals surface area contributed by atoms with Gasteiger partial charge in [0.1, 0.15) is 12.2 Å². The van der Waals surface area contributed by atoms with Crippen molar-refractivity contribution in [2.45, 2.75) is 64.8 Å². The lowest BCUT2D eigenvalue weighted by molar-refractivity contribution is 0.335. The summed E-state index contributed by atoms with van der Waals surface area (Å²) in [7, 11) is 0. The molecule has 0 bridgehead atoms. The van der Waals surface area contributed by atoms with Crippen LogP contribution in [0.5, 0.6) is 0 Å². The third-order valence-corrected chi connectivity index (χ3v) is 4.58. The first-order chi connectivity index (χ1) is 9.22. The van der Waals surface area contributed by atoms with Crippen molar-refractivity contribution in [3.05, 3.63) is 12.2 Å². The van der Waals surface area contributed by atoms with Crippen LogP contribution in [0.2, 0.25) is 0 Å². The van der Waals surface area contributed by atoms with Crippen molar-refractivity contribution in [1.29, 1.82) is 0 Å². The molecule has 4 nitrogen and oxygen atoms in total. The first kappa shape index (κ1) is 14.5. The molecule has 1 atom stereocenters. The maximum atomic E-state index is 5.71. The van der Waals surface area contributed by atoms with Crippen LogP contribution in [0.15, 0.2) is 6.33 Å². The number of nitrogens with two attached hydrogens (primary N) is 1. The Morgan fingerprint density at radius 2 is 2.05 bits per heavy atom. The van der Waals surface area contributed by atoms with Crippen LogP contribution in [-0.4, -0.2) is 21.3 Å². The Labute approximate surface area is 116 Å². The summed E-state index contributed by atoms with van der Waals surface area (Å²) in [6.07, 6.45) is 10.6. The molecular weight excluding hydrogens is 236 g/mol. The number of hydrogen-bond acceptors (Lipinski definition) is 3. The highest BCUT2D eigenvalue weighted by Crippen LogP contribution is 2.30. The second-order valence-electron chi connectivity index (χ2n) is 6.21. The molecule has 108 valence electrons. The van der Waals surface area contributed by atoms with Gasteiger partial charge in [0.25, 0.3) is 0 Å². The van der Waals surface area contributed by atoms with E-state index in [0.29, 0.717) is 17.9 Å². The lowest BCUT2D eigenvalue weighted by Gasteiger charge is -2.20. The molecule has 0 spiro atoms. The van der Waals surface area contributed by atoms with Gasteiger partial charge in [0.2, 0.25) is 0 Å². The lowest BCUT2D eigenvalue weighted by Crippen LogP contribution is -2.17. The Morgan fingerprint density at radius 1 is 1.32 bits per heavy atom. The smallest absolute Gasteiger partial charge is 0.133 e. The van der Waals surface area contributed by atoms with Crippen molar-refractivity contribution in [2.24, 2.45) is 17.6 Å². The van der Waals surface area contributed by atoms with Gasteiger partial charge in [-0.1, -0.05) is 26.7 Å². The number of nitrogens with zero attached hydrogens (tertiary/aromatic N) is 3. The summed E-state index contributed by atoms with van der Waals surface area (Å²) in [6, 6.07) is 0.650. The Bertz CT molecular complexity index is 366. The standard InChI is InChI=1S/C15H28N4/c1-12(2)13(9-10-16)7-8-15-18-17-11-19(15)14-5-3-4-6-14/h11-14H,3-10,16H2,1-2H3. The summed E-state index contributed by atoms with van der Waals surface area (Å²) in [5, 5.41) is 8.46. The van der Waals surface area contributed by atoms with Crippen molar-refractivity contribution in [1.82, 2.24) is 14.8 Å². The monoisotopic (exact) mass is 264 g/mol. The van der Waals surface area contributed by atoms with E-state index in [1.165, 1.54) is 37.9 Å². The summed E-state index contributed by atoms with van der Waals surface area (Å²) >= 11 is 0. The number of rotatable bonds is 7. The molecule has 1 aliphatic rings. The topological polar surface area (TPSA) is 56.7 Å². The molecule has 2 N–H and O–H groups in total. The molecular formula is C15H28N4. The van der Waals surface area contributed by atoms with Crippen LogP contribution in [0.3, 0.4) is 0 Å². The minimum absolute atomic E-state index is 0.650. The minimum Gasteiger partial charge on any atom is -0.330 e. The van der Waals surface area contributed by atoms with E-state index in [4.69, 9.17) is 5.73 Å². The number of aryl methyl sites for hydroxylation is 1. The van der Waals surface area contributed by atoms with Gasteiger partial charge in [-0.15, -0.1) is 10.2 Å². The molecule has 1 aromatic rings. The fourth-order valence-electron chi connectivity index (χ4n) is 3.27. The number of aromatic nitrogens is 3. The quantitative estimate of drug-likeness (QED) is 0.823. The molecule has 0 radical (unpaired) electrons. The third kappa shape index (κ3) is 3.78. The van der Waals surface area contributed by atoms with Crippen LogP contribution in [0.4, 0.5) is 0 Å². The van der Waals surface area contributed by atoms with Gasteiger partial charge in [-0.25, -0.2) is 0 Å². The van der Waals surface area contributed by atoms with E-state index in [9.17, 15) is 0 Å². The molecule has 1 aliphatic carbocycles. The molecule has 1 aromatic heterocycles. The summed E-state index contributed by atoms with van der Waals surface area (Å²) in [4.78, 5) is 0. The largest absolute Gasteiger partial charge is 0.330 e. The highest BCUT2D eigenvalue weighted by atomic mass is 15.3. The summed E-state index contributed by atoms with van der Waals surface area (Å²) in [5.74, 6) is 2.58. The first-order valence-corrected chi connectivity index (χ1v) is 7.80. The molecule has 4 heteroatoms. The first-order valence-electron chi connectivity index (χ1n) is 7.80. The molecule has 2 rings (SSSR count). The van der Waals surface area contributed by atoms with Gasteiger partial charge in [-0.2, -0.15) is 0 Å². The van der Waals surface area contributed by atoms with Gasteiger partial charge < -0.3 is 10.3 Å². The van der Waals surface area contributed by atoms with Crippen molar-refractivity contribution < 1.29 is 0 Å². The van der Waals surface area contributed by atoms with E-state index in [2.05, 4.69) is 28.6 Å². The average molecular weight is 264 g/mol. The van der Waals surface area contributed by atoms with E-state index < -0.39 is 0 Å². The van der Waals surface area contributed by atoms with E-state index in [0.717, 1.165) is 19.4 Å². The van der Waals surface area contributed by atoms with Crippen LogP contribution >= 0.6 is 0 Å². The van der Waals surface area contributed by atoms with Crippen molar-refractivity contribution in [3.63, 3.8) is 0 Å². The molecule has 1 unspecified atom stereocenters. The Hall–Kier alpha value is -0.900. The Balaban J connectivity index is 1.93. The molecule has 0 aromatic carbocycles. The van der Waals surface area contributed by atoms with Gasteiger partial charge in [0.15, 0.2) is 0 Å². The van der Waals surface area contributed by atoms with Crippen LogP contribution in [0, 0.1) is 11.8 Å². The Morgan fingerprint density at radius 3 is 2.68 bits per heavy atom. The van der Waals surface area contributed by atoms with Gasteiger partial charge in [0, 0.05) is 12.5 Å². The highest BCUT2D eigenvalue weighted by Gasteiger charge is 2.21. The Kier molecular flexibility index (Phi) is 5.37. The summed E-state index contributed by atoms with van der Waals surface area (Å²) in [6.45, 7) is 5.38. The maximum absolute atomic E-state index is 5.71. The summed E-state index contributed by atoms with van der Waals surface area (Å²) in [5.41, 5.74) is 5.71. The molecule has 0 saturated heterocycles. The zero-order valence-electron chi connectivity index (χ0n) is 12.4. The predicted octanol–water partition coefficient (Wildman–Crippen LogP) is 2.95. The zero-order chi connectivity index (χ0) is 13.7. The molecule has 0 aliphatic heterocycles. The second-order valence-corrected chi connectivity index (χ2v) is 6.21. The SMILES string of the molecule is CC(C)C(CCN)CCc1nncn1C1CCCC1. The van der Waals surface area contributed by atoms with Crippen molar-refractivity contribution >= 4 is 0 Å². The third-order valence-electron chi connectivity index (χ3n) is 4.58. The van der Waals surface area contributed by atoms with E-state index >= 15 is 0 Å². The van der Waals surface area contributed by atoms with Crippen LogP contribution < -0.4 is 5.73 Å². The van der Waals surface area contributed by atoms with E-state index in [-0.39, 0.29) is 0 Å². The van der Waals surface area contributed by atoms with Gasteiger partial charge in [-0.05, 0) is 44.1 Å². The normalized spacial score (nSPS) is 18.3. The van der Waals surface area contributed by atoms with Gasteiger partial charge >= 0.3 is 0 Å². The zero-order valence-corrected chi connectivity index (χ0v) is 12.4. The molecule has 1 fully saturated rings. The van der Waals surface area contributed by atoms with Crippen LogP contribution in [0.25, 0.3) is 0 Å². The van der Waals surface area contributed by atoms with Crippen molar-refractivity contribution in [3.8, 4) is 0 Å². The number of hydrogen-bond donors (Lipinski definition) is 1.